The van der Waals surface area contributed by atoms with Crippen molar-refractivity contribution in [3.8, 4) is 22.9 Å². The van der Waals surface area contributed by atoms with Crippen LogP contribution in [0.3, 0.4) is 0 Å². The van der Waals surface area contributed by atoms with E-state index in [4.69, 9.17) is 14.2 Å². The fourth-order valence-electron chi connectivity index (χ4n) is 4.47. The maximum Gasteiger partial charge on any atom is 0.513 e. The molecule has 4 rings (SSSR count). The first-order valence-corrected chi connectivity index (χ1v) is 12.6. The minimum Gasteiger partial charge on any atom is -0.489 e. The highest BCUT2D eigenvalue weighted by Crippen LogP contribution is 2.30. The van der Waals surface area contributed by atoms with E-state index in [0.29, 0.717) is 48.5 Å². The van der Waals surface area contributed by atoms with Crippen LogP contribution in [0.25, 0.3) is 11.4 Å². The molecule has 0 spiro atoms. The average molecular weight is 540 g/mol. The number of hydrogen-bond donors (Lipinski definition) is 1. The van der Waals surface area contributed by atoms with Gasteiger partial charge in [-0.2, -0.15) is 0 Å². The summed E-state index contributed by atoms with van der Waals surface area (Å²) in [6, 6.07) is 8.72. The highest BCUT2D eigenvalue weighted by molar-refractivity contribution is 5.70. The van der Waals surface area contributed by atoms with Gasteiger partial charge in [0.05, 0.1) is 40.6 Å². The molecule has 1 fully saturated rings. The van der Waals surface area contributed by atoms with E-state index in [-0.39, 0.29) is 30.1 Å². The number of nitro groups is 1. The van der Waals surface area contributed by atoms with Gasteiger partial charge in [-0.1, -0.05) is 5.21 Å². The van der Waals surface area contributed by atoms with Crippen molar-refractivity contribution in [3.05, 3.63) is 57.9 Å². The van der Waals surface area contributed by atoms with Crippen molar-refractivity contribution in [2.45, 2.75) is 51.6 Å². The highest BCUT2D eigenvalue weighted by atomic mass is 16.7. The van der Waals surface area contributed by atoms with E-state index in [9.17, 15) is 24.8 Å². The van der Waals surface area contributed by atoms with Gasteiger partial charge < -0.3 is 19.3 Å². The summed E-state index contributed by atoms with van der Waals surface area (Å²) in [5, 5.41) is 28.4. The van der Waals surface area contributed by atoms with Gasteiger partial charge in [0.1, 0.15) is 17.2 Å². The lowest BCUT2D eigenvalue weighted by Crippen LogP contribution is -2.29. The third-order valence-electron chi connectivity index (χ3n) is 6.52. The Kier molecular flexibility index (Phi) is 8.69. The van der Waals surface area contributed by atoms with Crippen LogP contribution < -0.4 is 9.47 Å². The smallest absolute Gasteiger partial charge is 0.489 e. The number of non-ortho nitro benzene ring substituents is 1. The van der Waals surface area contributed by atoms with E-state index >= 15 is 0 Å². The zero-order valence-electron chi connectivity index (χ0n) is 21.6. The van der Waals surface area contributed by atoms with E-state index in [1.54, 1.807) is 17.8 Å². The molecule has 0 saturated heterocycles. The van der Waals surface area contributed by atoms with Gasteiger partial charge in [0.2, 0.25) is 0 Å². The summed E-state index contributed by atoms with van der Waals surface area (Å²) in [5.74, 6) is -0.412. The SMILES string of the molecule is Cc1nc(-c2nnn(C)c2CCCOC(=O)Oc2ccc([N+](=O)[O-])cc2)ccc1O[C@H]1CCC[C@H](C(=O)O)C1. The van der Waals surface area contributed by atoms with Crippen molar-refractivity contribution in [3.63, 3.8) is 0 Å². The van der Waals surface area contributed by atoms with Gasteiger partial charge in [-0.3, -0.25) is 19.6 Å². The van der Waals surface area contributed by atoms with E-state index < -0.39 is 17.0 Å². The highest BCUT2D eigenvalue weighted by Gasteiger charge is 2.28. The number of aryl methyl sites for hydroxylation is 2. The predicted octanol–water partition coefficient (Wildman–Crippen LogP) is 4.26. The average Bonchev–Trinajstić information content (AvgIpc) is 3.28. The first-order valence-electron chi connectivity index (χ1n) is 12.6. The standard InChI is InChI=1S/C26H29N5O8/c1-16-23(38-20-6-3-5-17(15-20)25(32)33)13-12-21(27-16)24-22(30(2)29-28-24)7-4-14-37-26(34)39-19-10-8-18(9-11-19)31(35)36/h8-13,17,20H,3-7,14-15H2,1-2H3,(H,32,33)/t17-,20-/m0/s1. The van der Waals surface area contributed by atoms with Gasteiger partial charge in [-0.25, -0.2) is 9.78 Å². The van der Waals surface area contributed by atoms with E-state index in [2.05, 4.69) is 15.3 Å². The number of nitro benzene ring substituents is 1. The number of rotatable bonds is 10. The normalized spacial score (nSPS) is 16.9. The summed E-state index contributed by atoms with van der Waals surface area (Å²) >= 11 is 0. The summed E-state index contributed by atoms with van der Waals surface area (Å²) in [6.45, 7) is 1.91. The second kappa shape index (κ2) is 12.3. The second-order valence-electron chi connectivity index (χ2n) is 9.29. The van der Waals surface area contributed by atoms with Crippen LogP contribution in [0.5, 0.6) is 11.5 Å². The van der Waals surface area contributed by atoms with Crippen LogP contribution in [0.15, 0.2) is 36.4 Å². The molecule has 1 aliphatic carbocycles. The number of carboxylic acid groups (broad SMARTS) is 1. The summed E-state index contributed by atoms with van der Waals surface area (Å²) in [7, 11) is 1.77. The zero-order chi connectivity index (χ0) is 27.9. The Morgan fingerprint density at radius 1 is 1.18 bits per heavy atom. The number of carboxylic acids is 1. The molecule has 2 atom stereocenters. The van der Waals surface area contributed by atoms with Crippen LogP contribution in [0, 0.1) is 23.0 Å². The molecule has 13 heteroatoms. The van der Waals surface area contributed by atoms with Crippen molar-refractivity contribution in [2.24, 2.45) is 13.0 Å². The van der Waals surface area contributed by atoms with Crippen LogP contribution in [-0.2, 0) is 23.0 Å². The van der Waals surface area contributed by atoms with Gasteiger partial charge in [0.15, 0.2) is 0 Å². The molecule has 0 aliphatic heterocycles. The van der Waals surface area contributed by atoms with Crippen molar-refractivity contribution in [1.82, 2.24) is 20.0 Å². The van der Waals surface area contributed by atoms with Crippen molar-refractivity contribution in [2.75, 3.05) is 6.61 Å². The Balaban J connectivity index is 1.31. The van der Waals surface area contributed by atoms with Crippen molar-refractivity contribution < 1.29 is 33.8 Å². The number of pyridine rings is 1. The van der Waals surface area contributed by atoms with Crippen LogP contribution in [-0.4, -0.2) is 54.8 Å². The van der Waals surface area contributed by atoms with Crippen LogP contribution >= 0.6 is 0 Å². The molecule has 3 aromatic rings. The zero-order valence-corrected chi connectivity index (χ0v) is 21.6. The van der Waals surface area contributed by atoms with Gasteiger partial charge in [0, 0.05) is 19.2 Å². The van der Waals surface area contributed by atoms with E-state index in [1.165, 1.54) is 24.3 Å². The number of hydrogen-bond acceptors (Lipinski definition) is 10. The molecule has 1 aliphatic rings. The fraction of sp³-hybridized carbons (Fsp3) is 0.423. The van der Waals surface area contributed by atoms with Crippen LogP contribution in [0.1, 0.15) is 43.5 Å². The predicted molar refractivity (Wildman–Crippen MR) is 136 cm³/mol. The number of ether oxygens (including phenoxy) is 3. The molecule has 0 bridgehead atoms. The number of carbonyl (C=O) groups excluding carboxylic acids is 1. The quantitative estimate of drug-likeness (QED) is 0.128. The molecule has 0 unspecified atom stereocenters. The first-order chi connectivity index (χ1) is 18.7. The Morgan fingerprint density at radius 3 is 2.64 bits per heavy atom. The Bertz CT molecular complexity index is 1340. The molecule has 2 aromatic heterocycles. The Labute approximate surface area is 223 Å². The van der Waals surface area contributed by atoms with Crippen molar-refractivity contribution in [1.29, 1.82) is 0 Å². The lowest BCUT2D eigenvalue weighted by Gasteiger charge is -2.27. The molecule has 1 N–H and O–H groups in total. The largest absolute Gasteiger partial charge is 0.513 e. The van der Waals surface area contributed by atoms with Gasteiger partial charge in [-0.05, 0) is 69.7 Å². The third-order valence-corrected chi connectivity index (χ3v) is 6.52. The Hall–Kier alpha value is -4.55. The second-order valence-corrected chi connectivity index (χ2v) is 9.29. The van der Waals surface area contributed by atoms with Gasteiger partial charge in [-0.15, -0.1) is 5.10 Å². The Morgan fingerprint density at radius 2 is 1.95 bits per heavy atom. The molecule has 0 radical (unpaired) electrons. The monoisotopic (exact) mass is 539 g/mol. The number of benzene rings is 1. The number of aromatic nitrogens is 4. The molecule has 0 amide bonds. The number of nitrogens with zero attached hydrogens (tertiary/aromatic N) is 5. The molecular formula is C26H29N5O8. The summed E-state index contributed by atoms with van der Waals surface area (Å²) in [5.41, 5.74) is 2.58. The van der Waals surface area contributed by atoms with Crippen LogP contribution in [0.4, 0.5) is 10.5 Å². The topological polar surface area (TPSA) is 169 Å². The molecular weight excluding hydrogens is 510 g/mol. The summed E-state index contributed by atoms with van der Waals surface area (Å²) in [6.07, 6.45) is 2.67. The molecule has 39 heavy (non-hydrogen) atoms. The molecule has 1 aromatic carbocycles. The van der Waals surface area contributed by atoms with E-state index in [1.807, 2.05) is 13.0 Å². The van der Waals surface area contributed by atoms with Gasteiger partial charge >= 0.3 is 12.1 Å². The molecule has 206 valence electrons. The van der Waals surface area contributed by atoms with Crippen LogP contribution in [0.2, 0.25) is 0 Å². The molecule has 2 heterocycles. The number of aliphatic carboxylic acids is 1. The fourth-order valence-corrected chi connectivity index (χ4v) is 4.47. The first kappa shape index (κ1) is 27.5. The lowest BCUT2D eigenvalue weighted by atomic mass is 9.87. The lowest BCUT2D eigenvalue weighted by molar-refractivity contribution is -0.384. The molecule has 1 saturated carbocycles. The minimum atomic E-state index is -0.910. The van der Waals surface area contributed by atoms with Gasteiger partial charge in [0.25, 0.3) is 5.69 Å². The number of carbonyl (C=O) groups is 2. The summed E-state index contributed by atoms with van der Waals surface area (Å²) < 4.78 is 17.9. The molecule has 13 nitrogen and oxygen atoms in total. The van der Waals surface area contributed by atoms with Crippen molar-refractivity contribution >= 4 is 17.8 Å². The maximum absolute atomic E-state index is 12.0. The van der Waals surface area contributed by atoms with E-state index in [0.717, 1.165) is 18.5 Å². The maximum atomic E-state index is 12.0. The summed E-state index contributed by atoms with van der Waals surface area (Å²) in [4.78, 5) is 38.1. The third kappa shape index (κ3) is 7.06. The minimum absolute atomic E-state index is 0.0778.